The number of halogens is 1. The van der Waals surface area contributed by atoms with E-state index in [0.717, 1.165) is 50.5 Å². The third kappa shape index (κ3) is 4.93. The van der Waals surface area contributed by atoms with Crippen LogP contribution >= 0.6 is 11.6 Å². The van der Waals surface area contributed by atoms with Gasteiger partial charge in [-0.3, -0.25) is 4.79 Å². The highest BCUT2D eigenvalue weighted by atomic mass is 35.5. The van der Waals surface area contributed by atoms with Crippen LogP contribution in [0.25, 0.3) is 0 Å². The van der Waals surface area contributed by atoms with E-state index in [0.29, 0.717) is 17.3 Å². The summed E-state index contributed by atoms with van der Waals surface area (Å²) >= 11 is 5.87. The standard InChI is InChI=1S/C19H24ClN5O/c1-2-24-11-13-25(14-12-24)18-8-7-17(22-23-18)19(26)21-10-9-15-3-5-16(20)6-4-15/h3-8H,2,9-14H2,1H3,(H,21,26). The number of piperazine rings is 1. The molecule has 1 aromatic heterocycles. The third-order valence-electron chi connectivity index (χ3n) is 4.64. The minimum Gasteiger partial charge on any atom is -0.353 e. The molecule has 0 bridgehead atoms. The second kappa shape index (κ2) is 8.96. The van der Waals surface area contributed by atoms with Crippen LogP contribution in [0.3, 0.4) is 0 Å². The van der Waals surface area contributed by atoms with Crippen LogP contribution in [0.5, 0.6) is 0 Å². The lowest BCUT2D eigenvalue weighted by atomic mass is 10.1. The van der Waals surface area contributed by atoms with E-state index in [4.69, 9.17) is 11.6 Å². The van der Waals surface area contributed by atoms with Crippen LogP contribution in [0.4, 0.5) is 5.82 Å². The molecular weight excluding hydrogens is 350 g/mol. The Morgan fingerprint density at radius 3 is 2.42 bits per heavy atom. The molecule has 1 N–H and O–H groups in total. The first-order valence-electron chi connectivity index (χ1n) is 8.99. The van der Waals surface area contributed by atoms with Crippen molar-refractivity contribution in [3.8, 4) is 0 Å². The fourth-order valence-electron chi connectivity index (χ4n) is 2.97. The van der Waals surface area contributed by atoms with Gasteiger partial charge < -0.3 is 15.1 Å². The maximum atomic E-state index is 12.2. The lowest BCUT2D eigenvalue weighted by Crippen LogP contribution is -2.46. The number of amides is 1. The molecule has 0 aliphatic carbocycles. The molecule has 26 heavy (non-hydrogen) atoms. The van der Waals surface area contributed by atoms with Crippen LogP contribution in [-0.4, -0.2) is 60.3 Å². The summed E-state index contributed by atoms with van der Waals surface area (Å²) in [6.45, 7) is 7.74. The summed E-state index contributed by atoms with van der Waals surface area (Å²) in [4.78, 5) is 16.8. The zero-order valence-corrected chi connectivity index (χ0v) is 15.7. The molecule has 138 valence electrons. The molecule has 1 saturated heterocycles. The van der Waals surface area contributed by atoms with Crippen molar-refractivity contribution >= 4 is 23.3 Å². The van der Waals surface area contributed by atoms with Crippen molar-refractivity contribution in [2.45, 2.75) is 13.3 Å². The summed E-state index contributed by atoms with van der Waals surface area (Å²) in [5.41, 5.74) is 1.47. The van der Waals surface area contributed by atoms with Gasteiger partial charge in [0, 0.05) is 37.7 Å². The molecule has 1 amide bonds. The average Bonchev–Trinajstić information content (AvgIpc) is 2.69. The molecular formula is C19H24ClN5O. The highest BCUT2D eigenvalue weighted by Crippen LogP contribution is 2.13. The minimum absolute atomic E-state index is 0.200. The molecule has 0 radical (unpaired) electrons. The highest BCUT2D eigenvalue weighted by Gasteiger charge is 2.17. The molecule has 2 heterocycles. The summed E-state index contributed by atoms with van der Waals surface area (Å²) in [7, 11) is 0. The van der Waals surface area contributed by atoms with Crippen LogP contribution in [0.15, 0.2) is 36.4 Å². The predicted octanol–water partition coefficient (Wildman–Crippen LogP) is 2.24. The van der Waals surface area contributed by atoms with E-state index in [1.807, 2.05) is 30.3 Å². The lowest BCUT2D eigenvalue weighted by Gasteiger charge is -2.34. The first kappa shape index (κ1) is 18.6. The van der Waals surface area contributed by atoms with E-state index in [1.165, 1.54) is 0 Å². The quantitative estimate of drug-likeness (QED) is 0.841. The maximum Gasteiger partial charge on any atom is 0.271 e. The van der Waals surface area contributed by atoms with Crippen molar-refractivity contribution in [1.29, 1.82) is 0 Å². The molecule has 7 heteroatoms. The van der Waals surface area contributed by atoms with Gasteiger partial charge in [-0.05, 0) is 42.8 Å². The first-order chi connectivity index (χ1) is 12.7. The molecule has 1 aliphatic heterocycles. The Kier molecular flexibility index (Phi) is 6.41. The SMILES string of the molecule is CCN1CCN(c2ccc(C(=O)NCCc3ccc(Cl)cc3)nn2)CC1. The molecule has 1 fully saturated rings. The Hall–Kier alpha value is -2.18. The highest BCUT2D eigenvalue weighted by molar-refractivity contribution is 6.30. The number of anilines is 1. The zero-order chi connectivity index (χ0) is 18.4. The maximum absolute atomic E-state index is 12.2. The van der Waals surface area contributed by atoms with E-state index in [1.54, 1.807) is 6.07 Å². The summed E-state index contributed by atoms with van der Waals surface area (Å²) in [6.07, 6.45) is 0.746. The van der Waals surface area contributed by atoms with E-state index in [9.17, 15) is 4.79 Å². The summed E-state index contributed by atoms with van der Waals surface area (Å²) in [5.74, 6) is 0.632. The Labute approximate surface area is 159 Å². The Morgan fingerprint density at radius 2 is 1.81 bits per heavy atom. The molecule has 0 atom stereocenters. The van der Waals surface area contributed by atoms with Gasteiger partial charge in [-0.25, -0.2) is 0 Å². The van der Waals surface area contributed by atoms with Crippen LogP contribution in [-0.2, 0) is 6.42 Å². The van der Waals surface area contributed by atoms with E-state index in [-0.39, 0.29) is 5.91 Å². The van der Waals surface area contributed by atoms with Crippen molar-refractivity contribution in [2.75, 3.05) is 44.2 Å². The summed E-state index contributed by atoms with van der Waals surface area (Å²) in [6, 6.07) is 11.2. The normalized spacial score (nSPS) is 15.1. The van der Waals surface area contributed by atoms with Crippen LogP contribution in [0, 0.1) is 0 Å². The van der Waals surface area contributed by atoms with Gasteiger partial charge >= 0.3 is 0 Å². The van der Waals surface area contributed by atoms with Crippen LogP contribution in [0.2, 0.25) is 5.02 Å². The lowest BCUT2D eigenvalue weighted by molar-refractivity contribution is 0.0948. The average molecular weight is 374 g/mol. The van der Waals surface area contributed by atoms with Gasteiger partial charge in [0.1, 0.15) is 0 Å². The van der Waals surface area contributed by atoms with Gasteiger partial charge in [0.25, 0.3) is 5.91 Å². The van der Waals surface area contributed by atoms with Gasteiger partial charge in [0.05, 0.1) is 0 Å². The molecule has 2 aromatic rings. The monoisotopic (exact) mass is 373 g/mol. The summed E-state index contributed by atoms with van der Waals surface area (Å²) in [5, 5.41) is 11.9. The number of carbonyl (C=O) groups is 1. The Balaban J connectivity index is 1.48. The number of benzene rings is 1. The molecule has 3 rings (SSSR count). The molecule has 1 aliphatic rings. The van der Waals surface area contributed by atoms with Crippen LogP contribution in [0.1, 0.15) is 23.0 Å². The Bertz CT molecular complexity index is 712. The molecule has 0 unspecified atom stereocenters. The van der Waals surface area contributed by atoms with Crippen molar-refractivity contribution in [3.63, 3.8) is 0 Å². The third-order valence-corrected chi connectivity index (χ3v) is 4.89. The second-order valence-electron chi connectivity index (χ2n) is 6.33. The summed E-state index contributed by atoms with van der Waals surface area (Å²) < 4.78 is 0. The van der Waals surface area contributed by atoms with Crippen LogP contribution < -0.4 is 10.2 Å². The molecule has 1 aromatic carbocycles. The number of hydrogen-bond acceptors (Lipinski definition) is 5. The van der Waals surface area contributed by atoms with Gasteiger partial charge in [-0.15, -0.1) is 10.2 Å². The fraction of sp³-hybridized carbons (Fsp3) is 0.421. The number of hydrogen-bond donors (Lipinski definition) is 1. The van der Waals surface area contributed by atoms with Gasteiger partial charge in [-0.2, -0.15) is 0 Å². The largest absolute Gasteiger partial charge is 0.353 e. The first-order valence-corrected chi connectivity index (χ1v) is 9.37. The van der Waals surface area contributed by atoms with Crippen molar-refractivity contribution in [1.82, 2.24) is 20.4 Å². The van der Waals surface area contributed by atoms with E-state index >= 15 is 0 Å². The fourth-order valence-corrected chi connectivity index (χ4v) is 3.10. The minimum atomic E-state index is -0.200. The van der Waals surface area contributed by atoms with Crippen molar-refractivity contribution in [3.05, 3.63) is 52.7 Å². The van der Waals surface area contributed by atoms with E-state index in [2.05, 4.69) is 32.2 Å². The molecule has 6 nitrogen and oxygen atoms in total. The topological polar surface area (TPSA) is 61.4 Å². The van der Waals surface area contributed by atoms with Gasteiger partial charge in [-0.1, -0.05) is 30.7 Å². The number of aromatic nitrogens is 2. The number of nitrogens with zero attached hydrogens (tertiary/aromatic N) is 4. The number of likely N-dealkylation sites (N-methyl/N-ethyl adjacent to an activating group) is 1. The molecule has 0 saturated carbocycles. The number of carbonyl (C=O) groups excluding carboxylic acids is 1. The zero-order valence-electron chi connectivity index (χ0n) is 15.0. The van der Waals surface area contributed by atoms with Gasteiger partial charge in [0.2, 0.25) is 0 Å². The number of nitrogens with one attached hydrogen (secondary N) is 1. The van der Waals surface area contributed by atoms with Crippen molar-refractivity contribution < 1.29 is 4.79 Å². The predicted molar refractivity (Wildman–Crippen MR) is 104 cm³/mol. The second-order valence-corrected chi connectivity index (χ2v) is 6.77. The van der Waals surface area contributed by atoms with Gasteiger partial charge in [0.15, 0.2) is 11.5 Å². The smallest absolute Gasteiger partial charge is 0.271 e. The molecule has 0 spiro atoms. The number of rotatable bonds is 6. The van der Waals surface area contributed by atoms with E-state index < -0.39 is 0 Å². The van der Waals surface area contributed by atoms with Crippen molar-refractivity contribution in [2.24, 2.45) is 0 Å². The Morgan fingerprint density at radius 1 is 1.08 bits per heavy atom.